The van der Waals surface area contributed by atoms with Gasteiger partial charge >= 0.3 is 5.97 Å². The van der Waals surface area contributed by atoms with Crippen LogP contribution < -0.4 is 0 Å². The lowest BCUT2D eigenvalue weighted by atomic mass is 10.9. The van der Waals surface area contributed by atoms with Crippen molar-refractivity contribution in [3.05, 3.63) is 0 Å². The summed E-state index contributed by atoms with van der Waals surface area (Å²) in [7, 11) is 0. The molecule has 0 spiro atoms. The van der Waals surface area contributed by atoms with Crippen molar-refractivity contribution >= 4 is 18.0 Å². The van der Waals surface area contributed by atoms with Crippen molar-refractivity contribution in [2.45, 2.75) is 25.0 Å². The molecule has 0 unspecified atom stereocenters. The SMILES string of the molecule is CC(=O)OSC1CC1. The summed E-state index contributed by atoms with van der Waals surface area (Å²) in [6, 6.07) is 0. The average molecular weight is 132 g/mol. The maximum Gasteiger partial charge on any atom is 0.314 e. The van der Waals surface area contributed by atoms with Gasteiger partial charge in [-0.15, -0.1) is 0 Å². The van der Waals surface area contributed by atoms with Crippen molar-refractivity contribution in [1.29, 1.82) is 0 Å². The van der Waals surface area contributed by atoms with Crippen molar-refractivity contribution in [2.75, 3.05) is 0 Å². The molecule has 1 rings (SSSR count). The van der Waals surface area contributed by atoms with E-state index in [-0.39, 0.29) is 5.97 Å². The van der Waals surface area contributed by atoms with Crippen LogP contribution in [-0.4, -0.2) is 11.2 Å². The second-order valence-electron chi connectivity index (χ2n) is 1.87. The third kappa shape index (κ3) is 2.21. The molecule has 46 valence electrons. The van der Waals surface area contributed by atoms with Crippen LogP contribution in [0.25, 0.3) is 0 Å². The van der Waals surface area contributed by atoms with Crippen molar-refractivity contribution in [3.8, 4) is 0 Å². The van der Waals surface area contributed by atoms with Gasteiger partial charge in [-0.1, -0.05) is 0 Å². The largest absolute Gasteiger partial charge is 0.391 e. The Kier molecular flexibility index (Phi) is 1.78. The highest BCUT2D eigenvalue weighted by molar-refractivity contribution is 7.95. The highest BCUT2D eigenvalue weighted by Gasteiger charge is 2.24. The van der Waals surface area contributed by atoms with Gasteiger partial charge in [0.25, 0.3) is 0 Å². The van der Waals surface area contributed by atoms with Gasteiger partial charge in [0.2, 0.25) is 0 Å². The Morgan fingerprint density at radius 2 is 2.38 bits per heavy atom. The number of hydrogen-bond acceptors (Lipinski definition) is 3. The van der Waals surface area contributed by atoms with Crippen LogP contribution in [-0.2, 0) is 8.98 Å². The Bertz CT molecular complexity index is 98.6. The molecule has 0 atom stereocenters. The maximum atomic E-state index is 10.1. The standard InChI is InChI=1S/C5H8O2S/c1-4(6)7-8-5-2-3-5/h5H,2-3H2,1H3. The van der Waals surface area contributed by atoms with Crippen molar-refractivity contribution in [1.82, 2.24) is 0 Å². The molecule has 1 aliphatic rings. The first kappa shape index (κ1) is 5.95. The molecule has 0 N–H and O–H groups in total. The summed E-state index contributed by atoms with van der Waals surface area (Å²) >= 11 is 1.30. The van der Waals surface area contributed by atoms with Gasteiger partial charge in [-0.3, -0.25) is 4.79 Å². The molecular formula is C5H8O2S. The molecule has 0 aromatic rings. The Morgan fingerprint density at radius 3 is 2.75 bits per heavy atom. The summed E-state index contributed by atoms with van der Waals surface area (Å²) in [5.74, 6) is -0.193. The van der Waals surface area contributed by atoms with Gasteiger partial charge in [-0.2, -0.15) is 0 Å². The molecule has 0 radical (unpaired) electrons. The number of hydrogen-bond donors (Lipinski definition) is 0. The van der Waals surface area contributed by atoms with Gasteiger partial charge in [0.1, 0.15) is 0 Å². The molecule has 0 heterocycles. The summed E-state index contributed by atoms with van der Waals surface area (Å²) < 4.78 is 4.64. The minimum absolute atomic E-state index is 0.193. The van der Waals surface area contributed by atoms with E-state index < -0.39 is 0 Å². The Balaban J connectivity index is 1.95. The monoisotopic (exact) mass is 132 g/mol. The first-order valence-electron chi connectivity index (χ1n) is 2.63. The normalized spacial score (nSPS) is 18.1. The fourth-order valence-electron chi connectivity index (χ4n) is 0.300. The van der Waals surface area contributed by atoms with Crippen LogP contribution in [0.15, 0.2) is 0 Å². The predicted molar refractivity (Wildman–Crippen MR) is 32.4 cm³/mol. The summed E-state index contributed by atoms with van der Waals surface area (Å²) in [6.45, 7) is 1.43. The summed E-state index contributed by atoms with van der Waals surface area (Å²) in [6.07, 6.45) is 2.41. The minimum Gasteiger partial charge on any atom is -0.391 e. The van der Waals surface area contributed by atoms with E-state index in [4.69, 9.17) is 0 Å². The lowest BCUT2D eigenvalue weighted by Crippen LogP contribution is -1.89. The average Bonchev–Trinajstić information content (AvgIpc) is 2.41. The summed E-state index contributed by atoms with van der Waals surface area (Å²) in [5, 5.41) is 0.610. The van der Waals surface area contributed by atoms with Gasteiger partial charge < -0.3 is 4.18 Å². The van der Waals surface area contributed by atoms with E-state index in [0.29, 0.717) is 5.25 Å². The first-order chi connectivity index (χ1) is 3.79. The van der Waals surface area contributed by atoms with Crippen molar-refractivity contribution < 1.29 is 8.98 Å². The van der Waals surface area contributed by atoms with Gasteiger partial charge in [0, 0.05) is 12.2 Å². The zero-order chi connectivity index (χ0) is 5.98. The third-order valence-electron chi connectivity index (χ3n) is 0.826. The van der Waals surface area contributed by atoms with E-state index in [2.05, 4.69) is 4.18 Å². The zero-order valence-electron chi connectivity index (χ0n) is 4.72. The van der Waals surface area contributed by atoms with E-state index in [1.165, 1.54) is 31.8 Å². The molecule has 8 heavy (non-hydrogen) atoms. The first-order valence-corrected chi connectivity index (χ1v) is 3.43. The molecule has 1 saturated carbocycles. The lowest BCUT2D eigenvalue weighted by Gasteiger charge is -1.92. The second-order valence-corrected chi connectivity index (χ2v) is 2.90. The van der Waals surface area contributed by atoms with Crippen LogP contribution in [0.2, 0.25) is 0 Å². The molecule has 0 aromatic carbocycles. The fraction of sp³-hybridized carbons (Fsp3) is 0.800. The molecule has 0 amide bonds. The topological polar surface area (TPSA) is 26.3 Å². The minimum atomic E-state index is -0.193. The fourth-order valence-corrected chi connectivity index (χ4v) is 0.900. The summed E-state index contributed by atoms with van der Waals surface area (Å²) in [5.41, 5.74) is 0. The van der Waals surface area contributed by atoms with Gasteiger partial charge in [-0.05, 0) is 12.8 Å². The lowest BCUT2D eigenvalue weighted by molar-refractivity contribution is -0.130. The van der Waals surface area contributed by atoms with Gasteiger partial charge in [0.05, 0.1) is 12.0 Å². The van der Waals surface area contributed by atoms with Gasteiger partial charge in [-0.25, -0.2) is 0 Å². The van der Waals surface area contributed by atoms with Crippen LogP contribution in [0.1, 0.15) is 19.8 Å². The van der Waals surface area contributed by atoms with E-state index in [0.717, 1.165) is 0 Å². The van der Waals surface area contributed by atoms with E-state index >= 15 is 0 Å². The number of carbonyl (C=O) groups excluding carboxylic acids is 1. The Labute approximate surface area is 52.8 Å². The van der Waals surface area contributed by atoms with Crippen LogP contribution in [0.5, 0.6) is 0 Å². The van der Waals surface area contributed by atoms with Crippen molar-refractivity contribution in [3.63, 3.8) is 0 Å². The highest BCUT2D eigenvalue weighted by atomic mass is 32.2. The molecule has 0 saturated heterocycles. The third-order valence-corrected chi connectivity index (χ3v) is 1.90. The number of rotatable bonds is 2. The van der Waals surface area contributed by atoms with Crippen molar-refractivity contribution in [2.24, 2.45) is 0 Å². The van der Waals surface area contributed by atoms with Crippen LogP contribution in [0.4, 0.5) is 0 Å². The maximum absolute atomic E-state index is 10.1. The molecule has 0 aromatic heterocycles. The Hall–Kier alpha value is -0.180. The molecule has 0 aliphatic heterocycles. The van der Waals surface area contributed by atoms with Crippen LogP contribution in [0, 0.1) is 0 Å². The van der Waals surface area contributed by atoms with Gasteiger partial charge in [0.15, 0.2) is 0 Å². The Morgan fingerprint density at radius 1 is 1.75 bits per heavy atom. The molecule has 1 aliphatic carbocycles. The van der Waals surface area contributed by atoms with E-state index in [1.807, 2.05) is 0 Å². The smallest absolute Gasteiger partial charge is 0.314 e. The van der Waals surface area contributed by atoms with E-state index in [1.54, 1.807) is 0 Å². The quantitative estimate of drug-likeness (QED) is 0.531. The van der Waals surface area contributed by atoms with Crippen LogP contribution >= 0.6 is 12.0 Å². The molecular weight excluding hydrogens is 124 g/mol. The number of carbonyl (C=O) groups is 1. The highest BCUT2D eigenvalue weighted by Crippen LogP contribution is 2.34. The zero-order valence-corrected chi connectivity index (χ0v) is 5.53. The molecule has 0 bridgehead atoms. The molecule has 2 nitrogen and oxygen atoms in total. The van der Waals surface area contributed by atoms with Crippen LogP contribution in [0.3, 0.4) is 0 Å². The molecule has 3 heteroatoms. The second kappa shape index (κ2) is 2.40. The molecule has 1 fully saturated rings. The summed E-state index contributed by atoms with van der Waals surface area (Å²) in [4.78, 5) is 10.1. The predicted octanol–water partition coefficient (Wildman–Crippen LogP) is 1.36. The van der Waals surface area contributed by atoms with E-state index in [9.17, 15) is 4.79 Å².